The number of hydrogen-bond acceptors (Lipinski definition) is 5. The molecule has 1 heterocycles. The van der Waals surface area contributed by atoms with Crippen LogP contribution in [0.3, 0.4) is 0 Å². The second-order valence-corrected chi connectivity index (χ2v) is 9.24. The summed E-state index contributed by atoms with van der Waals surface area (Å²) in [5.41, 5.74) is 5.51. The standard InChI is InChI=1S/C26H28F2N4O4/c27-18-6-3-16(21(28)12-18)15-36-20-7-4-17(5-8-20)26(9-10-26)25(35)32-11-1-2-22(32)24(34)31-19(14-29)13-23(30)33/h3-8,12,14,19,22,29H,1-2,9-11,13,15H2,(H2,30,33)(H,31,34)/t19-,22-/m0/s1. The molecule has 190 valence electrons. The molecule has 2 aliphatic rings. The van der Waals surface area contributed by atoms with Crippen molar-refractivity contribution in [3.8, 4) is 5.75 Å². The number of primary amides is 1. The van der Waals surface area contributed by atoms with Gasteiger partial charge in [0.2, 0.25) is 17.7 Å². The Morgan fingerprint density at radius 1 is 1.19 bits per heavy atom. The molecule has 0 bridgehead atoms. The zero-order valence-corrected chi connectivity index (χ0v) is 19.6. The molecule has 1 saturated heterocycles. The number of likely N-dealkylation sites (tertiary alicyclic amines) is 1. The van der Waals surface area contributed by atoms with Crippen LogP contribution in [0.25, 0.3) is 0 Å². The van der Waals surface area contributed by atoms with Gasteiger partial charge in [0, 0.05) is 24.4 Å². The minimum Gasteiger partial charge on any atom is -0.489 e. The zero-order valence-electron chi connectivity index (χ0n) is 19.6. The van der Waals surface area contributed by atoms with Crippen molar-refractivity contribution in [2.24, 2.45) is 5.73 Å². The Labute approximate surface area is 207 Å². The van der Waals surface area contributed by atoms with Crippen LogP contribution >= 0.6 is 0 Å². The normalized spacial score (nSPS) is 18.8. The molecule has 2 fully saturated rings. The van der Waals surface area contributed by atoms with Crippen LogP contribution in [0.2, 0.25) is 0 Å². The van der Waals surface area contributed by atoms with Crippen molar-refractivity contribution in [1.82, 2.24) is 10.2 Å². The molecule has 4 N–H and O–H groups in total. The van der Waals surface area contributed by atoms with E-state index in [1.165, 1.54) is 12.1 Å². The van der Waals surface area contributed by atoms with Gasteiger partial charge in [0.25, 0.3) is 0 Å². The number of halogens is 2. The summed E-state index contributed by atoms with van der Waals surface area (Å²) >= 11 is 0. The van der Waals surface area contributed by atoms with Gasteiger partial charge in [-0.2, -0.15) is 0 Å². The van der Waals surface area contributed by atoms with Crippen LogP contribution in [0.15, 0.2) is 42.5 Å². The van der Waals surface area contributed by atoms with Gasteiger partial charge in [-0.25, -0.2) is 8.78 Å². The maximum absolute atomic E-state index is 13.8. The number of carbonyl (C=O) groups is 3. The van der Waals surface area contributed by atoms with Gasteiger partial charge in [-0.05, 0) is 55.5 Å². The fourth-order valence-corrected chi connectivity index (χ4v) is 4.63. The van der Waals surface area contributed by atoms with Gasteiger partial charge < -0.3 is 26.1 Å². The Morgan fingerprint density at radius 2 is 1.92 bits per heavy atom. The molecule has 2 atom stereocenters. The first-order valence-corrected chi connectivity index (χ1v) is 11.8. The summed E-state index contributed by atoms with van der Waals surface area (Å²) in [5, 5.41) is 10.1. The summed E-state index contributed by atoms with van der Waals surface area (Å²) in [6.07, 6.45) is 3.27. The van der Waals surface area contributed by atoms with Gasteiger partial charge in [-0.1, -0.05) is 12.1 Å². The van der Waals surface area contributed by atoms with Crippen molar-refractivity contribution in [2.75, 3.05) is 6.54 Å². The molecule has 0 aromatic heterocycles. The van der Waals surface area contributed by atoms with E-state index in [4.69, 9.17) is 15.9 Å². The number of benzene rings is 2. The lowest BCUT2D eigenvalue weighted by atomic mass is 9.93. The third-order valence-electron chi connectivity index (χ3n) is 6.74. The lowest BCUT2D eigenvalue weighted by Gasteiger charge is -2.29. The Balaban J connectivity index is 1.41. The summed E-state index contributed by atoms with van der Waals surface area (Å²) in [4.78, 5) is 39.2. The topological polar surface area (TPSA) is 126 Å². The van der Waals surface area contributed by atoms with Crippen LogP contribution in [0.5, 0.6) is 5.75 Å². The molecule has 0 radical (unpaired) electrons. The Kier molecular flexibility index (Phi) is 7.32. The monoisotopic (exact) mass is 498 g/mol. The van der Waals surface area contributed by atoms with E-state index in [2.05, 4.69) is 5.32 Å². The molecule has 2 aromatic rings. The molecule has 4 rings (SSSR count). The predicted octanol–water partition coefficient (Wildman–Crippen LogP) is 2.58. The second kappa shape index (κ2) is 10.4. The maximum atomic E-state index is 13.8. The molecule has 0 spiro atoms. The minimum atomic E-state index is -0.807. The van der Waals surface area contributed by atoms with Crippen molar-refractivity contribution in [3.05, 3.63) is 65.2 Å². The van der Waals surface area contributed by atoms with Gasteiger partial charge in [-0.15, -0.1) is 0 Å². The number of carbonyl (C=O) groups excluding carboxylic acids is 3. The summed E-state index contributed by atoms with van der Waals surface area (Å²) in [7, 11) is 0. The van der Waals surface area contributed by atoms with Crippen LogP contribution in [0.4, 0.5) is 8.78 Å². The molecular weight excluding hydrogens is 470 g/mol. The lowest BCUT2D eigenvalue weighted by molar-refractivity contribution is -0.140. The molecule has 2 aromatic carbocycles. The lowest BCUT2D eigenvalue weighted by Crippen LogP contribution is -2.52. The Hall–Kier alpha value is -3.82. The smallest absolute Gasteiger partial charge is 0.243 e. The summed E-state index contributed by atoms with van der Waals surface area (Å²) < 4.78 is 32.5. The SMILES string of the molecule is N=C[C@H](CC(N)=O)NC(=O)[C@@H]1CCCN1C(=O)C1(c2ccc(OCc3ccc(F)cc3F)cc2)CC1. The summed E-state index contributed by atoms with van der Waals surface area (Å²) in [6, 6.07) is 8.83. The van der Waals surface area contributed by atoms with Crippen molar-refractivity contribution < 1.29 is 27.9 Å². The van der Waals surface area contributed by atoms with Crippen molar-refractivity contribution >= 4 is 23.9 Å². The first kappa shape index (κ1) is 25.3. The number of nitrogens with one attached hydrogen (secondary N) is 2. The average Bonchev–Trinajstić information content (AvgIpc) is 3.51. The van der Waals surface area contributed by atoms with E-state index in [0.717, 1.165) is 17.8 Å². The summed E-state index contributed by atoms with van der Waals surface area (Å²) in [5.74, 6) is -2.00. The van der Waals surface area contributed by atoms with E-state index in [9.17, 15) is 23.2 Å². The first-order chi connectivity index (χ1) is 17.2. The van der Waals surface area contributed by atoms with Crippen LogP contribution in [0.1, 0.15) is 43.2 Å². The van der Waals surface area contributed by atoms with E-state index in [-0.39, 0.29) is 24.5 Å². The van der Waals surface area contributed by atoms with E-state index < -0.39 is 40.9 Å². The highest BCUT2D eigenvalue weighted by atomic mass is 19.1. The van der Waals surface area contributed by atoms with Crippen LogP contribution < -0.4 is 15.8 Å². The van der Waals surface area contributed by atoms with E-state index >= 15 is 0 Å². The largest absolute Gasteiger partial charge is 0.489 e. The van der Waals surface area contributed by atoms with E-state index in [0.29, 0.717) is 38.0 Å². The number of nitrogens with two attached hydrogens (primary N) is 1. The van der Waals surface area contributed by atoms with Gasteiger partial charge in [0.15, 0.2) is 0 Å². The molecule has 0 unspecified atom stereocenters. The highest BCUT2D eigenvalue weighted by Gasteiger charge is 2.55. The Morgan fingerprint density at radius 3 is 2.53 bits per heavy atom. The van der Waals surface area contributed by atoms with Gasteiger partial charge >= 0.3 is 0 Å². The molecule has 36 heavy (non-hydrogen) atoms. The van der Waals surface area contributed by atoms with Gasteiger partial charge in [-0.3, -0.25) is 14.4 Å². The van der Waals surface area contributed by atoms with Crippen LogP contribution in [0, 0.1) is 17.0 Å². The number of ether oxygens (including phenoxy) is 1. The molecule has 10 heteroatoms. The van der Waals surface area contributed by atoms with E-state index in [1.54, 1.807) is 29.2 Å². The number of hydrogen-bond donors (Lipinski definition) is 3. The second-order valence-electron chi connectivity index (χ2n) is 9.24. The van der Waals surface area contributed by atoms with Gasteiger partial charge in [0.1, 0.15) is 30.0 Å². The molecule has 1 aliphatic carbocycles. The van der Waals surface area contributed by atoms with Crippen molar-refractivity contribution in [3.63, 3.8) is 0 Å². The number of nitrogens with zero attached hydrogens (tertiary/aromatic N) is 1. The Bertz CT molecular complexity index is 1170. The molecule has 1 aliphatic heterocycles. The third-order valence-corrected chi connectivity index (χ3v) is 6.74. The highest BCUT2D eigenvalue weighted by molar-refractivity contribution is 5.96. The fourth-order valence-electron chi connectivity index (χ4n) is 4.63. The molecule has 3 amide bonds. The highest BCUT2D eigenvalue weighted by Crippen LogP contribution is 2.50. The van der Waals surface area contributed by atoms with Crippen LogP contribution in [-0.4, -0.2) is 47.5 Å². The molecule has 1 saturated carbocycles. The van der Waals surface area contributed by atoms with Gasteiger partial charge in [0.05, 0.1) is 17.9 Å². The van der Waals surface area contributed by atoms with Crippen molar-refractivity contribution in [1.29, 1.82) is 5.41 Å². The first-order valence-electron chi connectivity index (χ1n) is 11.8. The number of amides is 3. The fraction of sp³-hybridized carbons (Fsp3) is 0.385. The zero-order chi connectivity index (χ0) is 25.9. The average molecular weight is 499 g/mol. The predicted molar refractivity (Wildman–Crippen MR) is 127 cm³/mol. The van der Waals surface area contributed by atoms with Crippen molar-refractivity contribution in [2.45, 2.75) is 56.2 Å². The maximum Gasteiger partial charge on any atom is 0.243 e. The minimum absolute atomic E-state index is 0.0629. The quantitative estimate of drug-likeness (QED) is 0.435. The summed E-state index contributed by atoms with van der Waals surface area (Å²) in [6.45, 7) is 0.390. The number of rotatable bonds is 10. The van der Waals surface area contributed by atoms with Crippen LogP contribution in [-0.2, 0) is 26.4 Å². The molecular formula is C26H28F2N4O4. The molecule has 8 nitrogen and oxygen atoms in total. The third kappa shape index (κ3) is 5.37. The van der Waals surface area contributed by atoms with E-state index in [1.807, 2.05) is 0 Å².